The molecule has 0 saturated carbocycles. The van der Waals surface area contributed by atoms with Crippen molar-refractivity contribution >= 4 is 31.8 Å². The van der Waals surface area contributed by atoms with E-state index in [-0.39, 0.29) is 4.57 Å². The maximum absolute atomic E-state index is 14.4. The average molecular weight is 439 g/mol. The summed E-state index contributed by atoms with van der Waals surface area (Å²) in [5.41, 5.74) is 2.04. The second-order valence-corrected chi connectivity index (χ2v) is 8.55. The summed E-state index contributed by atoms with van der Waals surface area (Å²) in [6, 6.07) is 13.1. The van der Waals surface area contributed by atoms with Crippen LogP contribution in [-0.4, -0.2) is 34.1 Å². The average Bonchev–Trinajstić information content (AvgIpc) is 3.28. The number of rotatable bonds is 5. The molecule has 0 fully saturated rings. The summed E-state index contributed by atoms with van der Waals surface area (Å²) in [7, 11) is 0. The molecule has 3 heterocycles. The van der Waals surface area contributed by atoms with Gasteiger partial charge < -0.3 is 0 Å². The van der Waals surface area contributed by atoms with Crippen LogP contribution in [-0.2, 0) is 5.75 Å². The zero-order valence-electron chi connectivity index (χ0n) is 13.1. The molecule has 0 amide bonds. The van der Waals surface area contributed by atoms with Crippen LogP contribution in [0.4, 0.5) is 13.2 Å². The van der Waals surface area contributed by atoms with Gasteiger partial charge in [-0.3, -0.25) is 0 Å². The van der Waals surface area contributed by atoms with Gasteiger partial charge in [-0.2, -0.15) is 0 Å². The van der Waals surface area contributed by atoms with Gasteiger partial charge in [0.1, 0.15) is 0 Å². The fourth-order valence-electron chi connectivity index (χ4n) is 2.44. The molecule has 0 atom stereocenters. The van der Waals surface area contributed by atoms with E-state index in [4.69, 9.17) is 0 Å². The second kappa shape index (κ2) is 7.26. The summed E-state index contributed by atoms with van der Waals surface area (Å²) >= 11 is 0.796. The molecule has 0 unspecified atom stereocenters. The summed E-state index contributed by atoms with van der Waals surface area (Å²) in [6.45, 7) is 0. The van der Waals surface area contributed by atoms with Gasteiger partial charge in [0.15, 0.2) is 0 Å². The van der Waals surface area contributed by atoms with Crippen molar-refractivity contribution in [3.05, 3.63) is 64.9 Å². The Kier molecular flexibility index (Phi) is 4.84. The molecule has 0 bridgehead atoms. The zero-order valence-corrected chi connectivity index (χ0v) is 15.7. The van der Waals surface area contributed by atoms with Crippen LogP contribution in [0.3, 0.4) is 0 Å². The van der Waals surface area contributed by atoms with Crippen LogP contribution in [0, 0.1) is 5.95 Å². The molecular weight excluding hydrogens is 428 g/mol. The monoisotopic (exact) mass is 440 g/mol. The van der Waals surface area contributed by atoms with E-state index in [2.05, 4.69) is 15.2 Å². The fraction of sp³-hybridized carbons (Fsp3) is 0.118. The second-order valence-electron chi connectivity index (χ2n) is 5.38. The Bertz CT molecular complexity index is 1050. The van der Waals surface area contributed by atoms with Gasteiger partial charge in [0.05, 0.1) is 0 Å². The van der Waals surface area contributed by atoms with E-state index in [1.807, 2.05) is 30.3 Å². The van der Waals surface area contributed by atoms with E-state index < -0.39 is 26.9 Å². The predicted molar refractivity (Wildman–Crippen MR) is 94.1 cm³/mol. The van der Waals surface area contributed by atoms with Crippen LogP contribution in [0.1, 0.15) is 16.6 Å². The molecule has 0 radical (unpaired) electrons. The molecule has 132 valence electrons. The van der Waals surface area contributed by atoms with Crippen molar-refractivity contribution in [2.45, 2.75) is 17.1 Å². The Morgan fingerprint density at radius 2 is 1.92 bits per heavy atom. The van der Waals surface area contributed by atoms with Gasteiger partial charge in [-0.1, -0.05) is 0 Å². The van der Waals surface area contributed by atoms with Crippen LogP contribution in [0.15, 0.2) is 53.7 Å². The number of aromatic nitrogens is 4. The van der Waals surface area contributed by atoms with Gasteiger partial charge in [0.2, 0.25) is 0 Å². The molecule has 4 aromatic rings. The van der Waals surface area contributed by atoms with Crippen LogP contribution in [0.25, 0.3) is 15.8 Å². The molecule has 0 spiro atoms. The van der Waals surface area contributed by atoms with Gasteiger partial charge in [-0.15, -0.1) is 0 Å². The minimum atomic E-state index is -2.63. The molecule has 9 heteroatoms. The van der Waals surface area contributed by atoms with E-state index in [0.29, 0.717) is 21.5 Å². The van der Waals surface area contributed by atoms with Crippen molar-refractivity contribution in [2.75, 3.05) is 0 Å². The van der Waals surface area contributed by atoms with Gasteiger partial charge >= 0.3 is 157 Å². The summed E-state index contributed by atoms with van der Waals surface area (Å²) in [6.07, 6.45) is -1.29. The summed E-state index contributed by atoms with van der Waals surface area (Å²) in [5, 5.41) is 7.37. The van der Waals surface area contributed by atoms with Crippen molar-refractivity contribution in [3.8, 4) is 10.3 Å². The molecule has 0 saturated heterocycles. The summed E-state index contributed by atoms with van der Waals surface area (Å²) < 4.78 is 41.4. The van der Waals surface area contributed by atoms with E-state index in [0.717, 1.165) is 10.5 Å². The summed E-state index contributed by atoms with van der Waals surface area (Å²) in [5.74, 6) is 0.238. The van der Waals surface area contributed by atoms with Crippen molar-refractivity contribution < 1.29 is 13.2 Å². The number of halogens is 3. The van der Waals surface area contributed by atoms with Gasteiger partial charge in [0.25, 0.3) is 0 Å². The number of fused-ring (bicyclic) bond motifs is 1. The Hall–Kier alpha value is -2.09. The predicted octanol–water partition coefficient (Wildman–Crippen LogP) is 4.22. The minimum absolute atomic E-state index is 0.233. The molecule has 4 rings (SSSR count). The molecule has 0 aliphatic heterocycles. The number of nitrogens with zero attached hydrogens (tertiary/aromatic N) is 4. The first-order valence-electron chi connectivity index (χ1n) is 7.57. The number of hydrogen-bond donors (Lipinski definition) is 0. The Morgan fingerprint density at radius 1 is 1.12 bits per heavy atom. The molecule has 3 aromatic heterocycles. The Labute approximate surface area is 156 Å². The van der Waals surface area contributed by atoms with E-state index >= 15 is 0 Å². The molecular formula is C17H11F3N4SSe. The number of benzene rings is 1. The van der Waals surface area contributed by atoms with Crippen molar-refractivity contribution in [1.29, 1.82) is 0 Å². The molecule has 0 N–H and O–H groups in total. The molecule has 0 aliphatic rings. The van der Waals surface area contributed by atoms with Crippen molar-refractivity contribution in [1.82, 2.24) is 19.6 Å². The van der Waals surface area contributed by atoms with E-state index in [1.54, 1.807) is 6.07 Å². The third kappa shape index (κ3) is 3.42. The number of hydrogen-bond acceptors (Lipinski definition) is 4. The van der Waals surface area contributed by atoms with Crippen molar-refractivity contribution in [3.63, 3.8) is 0 Å². The van der Waals surface area contributed by atoms with E-state index in [9.17, 15) is 13.2 Å². The maximum atomic E-state index is 14.4. The van der Waals surface area contributed by atoms with Gasteiger partial charge in [-0.05, 0) is 0 Å². The summed E-state index contributed by atoms with van der Waals surface area (Å²) in [4.78, 5) is 4.91. The number of imidazole rings is 1. The molecule has 0 aliphatic carbocycles. The Morgan fingerprint density at radius 3 is 2.65 bits per heavy atom. The third-order valence-electron chi connectivity index (χ3n) is 3.65. The normalized spacial score (nSPS) is 11.5. The molecule has 1 aromatic carbocycles. The van der Waals surface area contributed by atoms with Crippen LogP contribution in [0.5, 0.6) is 0 Å². The molecule has 26 heavy (non-hydrogen) atoms. The number of pyridine rings is 1. The van der Waals surface area contributed by atoms with Crippen LogP contribution >= 0.6 is 11.8 Å². The van der Waals surface area contributed by atoms with Gasteiger partial charge in [0, 0.05) is 0 Å². The number of alkyl halides is 2. The standard InChI is InChI=1S/C17H11F3N4SSe/c18-13-7-11(25-8-10-4-2-1-3-5-10)6-12-14(21-9-24(12)13)16-22-23-17(26-16)15(19)20/h1-7,9,15H,8H2. The first kappa shape index (κ1) is 17.3. The molecule has 4 nitrogen and oxygen atoms in total. The van der Waals surface area contributed by atoms with Crippen LogP contribution < -0.4 is 0 Å². The SMILES string of the molecule is Fc1cc(SCc2ccccc2)cc2c(-c3nnc(C(F)F)[se]3)ncn12. The quantitative estimate of drug-likeness (QED) is 0.265. The zero-order chi connectivity index (χ0) is 18.1. The first-order valence-corrected chi connectivity index (χ1v) is 10.3. The fourth-order valence-corrected chi connectivity index (χ4v) is 4.82. The van der Waals surface area contributed by atoms with E-state index in [1.165, 1.54) is 28.6 Å². The Balaban J connectivity index is 1.68. The van der Waals surface area contributed by atoms with Crippen molar-refractivity contribution in [2.24, 2.45) is 0 Å². The van der Waals surface area contributed by atoms with Gasteiger partial charge in [-0.25, -0.2) is 0 Å². The number of thioether (sulfide) groups is 1. The topological polar surface area (TPSA) is 43.1 Å². The third-order valence-corrected chi connectivity index (χ3v) is 6.67. The first-order chi connectivity index (χ1) is 12.6. The van der Waals surface area contributed by atoms with Crippen LogP contribution in [0.2, 0.25) is 0 Å².